The molecule has 0 amide bonds. The topological polar surface area (TPSA) is 30.0 Å². The molecule has 0 spiro atoms. The van der Waals surface area contributed by atoms with Crippen molar-refractivity contribution >= 4 is 27.3 Å². The predicted octanol–water partition coefficient (Wildman–Crippen LogP) is 3.67. The highest BCUT2D eigenvalue weighted by Gasteiger charge is 2.22. The first kappa shape index (κ1) is 9.97. The lowest BCUT2D eigenvalue weighted by Gasteiger charge is -1.99. The van der Waals surface area contributed by atoms with Crippen LogP contribution in [0.5, 0.6) is 0 Å². The van der Waals surface area contributed by atoms with Gasteiger partial charge in [0.25, 0.3) is 0 Å². The largest absolute Gasteiger partial charge is 0.294 e. The molecule has 1 aliphatic rings. The van der Waals surface area contributed by atoms with Crippen LogP contribution in [0.2, 0.25) is 0 Å². The van der Waals surface area contributed by atoms with Crippen molar-refractivity contribution in [1.29, 1.82) is 0 Å². The van der Waals surface area contributed by atoms with E-state index in [4.69, 9.17) is 0 Å². The number of ketones is 1. The molecule has 0 radical (unpaired) electrons. The zero-order valence-electron chi connectivity index (χ0n) is 8.98. The Hall–Kier alpha value is -1.22. The molecule has 0 aliphatic heterocycles. The number of aromatic nitrogens is 1. The second-order valence-corrected chi connectivity index (χ2v) is 5.38. The first-order valence-electron chi connectivity index (χ1n) is 5.69. The van der Waals surface area contributed by atoms with E-state index in [2.05, 4.69) is 4.98 Å². The quantitative estimate of drug-likeness (QED) is 0.751. The molecule has 1 saturated carbocycles. The van der Waals surface area contributed by atoms with Crippen molar-refractivity contribution in [3.8, 4) is 0 Å². The average molecular weight is 231 g/mol. The van der Waals surface area contributed by atoms with Crippen LogP contribution in [0.3, 0.4) is 0 Å². The fourth-order valence-electron chi connectivity index (χ4n) is 1.89. The Morgan fingerprint density at radius 1 is 1.50 bits per heavy atom. The third-order valence-electron chi connectivity index (χ3n) is 3.10. The van der Waals surface area contributed by atoms with E-state index < -0.39 is 0 Å². The molecule has 0 aromatic carbocycles. The number of thiophene rings is 1. The lowest BCUT2D eigenvalue weighted by molar-refractivity contribution is 0.0978. The monoisotopic (exact) mass is 231 g/mol. The van der Waals surface area contributed by atoms with Crippen LogP contribution >= 0.6 is 11.3 Å². The first-order valence-corrected chi connectivity index (χ1v) is 6.57. The van der Waals surface area contributed by atoms with Crippen molar-refractivity contribution in [1.82, 2.24) is 4.98 Å². The summed E-state index contributed by atoms with van der Waals surface area (Å²) in [5.41, 5.74) is 1.76. The molecule has 0 saturated heterocycles. The summed E-state index contributed by atoms with van der Waals surface area (Å²) >= 11 is 1.64. The molecule has 0 bridgehead atoms. The Kier molecular flexibility index (Phi) is 2.48. The molecule has 2 nitrogen and oxygen atoms in total. The molecule has 1 aliphatic carbocycles. The lowest BCUT2D eigenvalue weighted by atomic mass is 10.1. The Balaban J connectivity index is 1.78. The molecule has 3 heteroatoms. The van der Waals surface area contributed by atoms with Gasteiger partial charge in [-0.1, -0.05) is 12.8 Å². The number of rotatable bonds is 4. The second kappa shape index (κ2) is 3.98. The summed E-state index contributed by atoms with van der Waals surface area (Å²) in [4.78, 5) is 16.2. The highest BCUT2D eigenvalue weighted by Crippen LogP contribution is 2.34. The molecular formula is C13H13NOS. The number of fused-ring (bicyclic) bond motifs is 1. The van der Waals surface area contributed by atoms with E-state index in [1.165, 1.54) is 12.8 Å². The summed E-state index contributed by atoms with van der Waals surface area (Å²) in [5.74, 6) is 1.07. The summed E-state index contributed by atoms with van der Waals surface area (Å²) < 4.78 is 1.11. The van der Waals surface area contributed by atoms with E-state index in [9.17, 15) is 4.79 Å². The van der Waals surface area contributed by atoms with Gasteiger partial charge in [-0.15, -0.1) is 11.3 Å². The number of pyridine rings is 1. The third kappa shape index (κ3) is 2.00. The SMILES string of the molecule is O=C(CCC1CC1)c1cnc2ccsc2c1. The maximum absolute atomic E-state index is 11.9. The Labute approximate surface area is 98.3 Å². The minimum Gasteiger partial charge on any atom is -0.294 e. The van der Waals surface area contributed by atoms with E-state index in [0.29, 0.717) is 6.42 Å². The summed E-state index contributed by atoms with van der Waals surface area (Å²) in [6.45, 7) is 0. The number of carbonyl (C=O) groups excluding carboxylic acids is 1. The molecule has 0 atom stereocenters. The van der Waals surface area contributed by atoms with E-state index in [0.717, 1.165) is 28.1 Å². The molecule has 0 N–H and O–H groups in total. The summed E-state index contributed by atoms with van der Waals surface area (Å²) in [5, 5.41) is 2.01. The van der Waals surface area contributed by atoms with Crippen LogP contribution in [-0.4, -0.2) is 10.8 Å². The van der Waals surface area contributed by atoms with E-state index in [1.807, 2.05) is 17.5 Å². The van der Waals surface area contributed by atoms with Crippen LogP contribution in [0.4, 0.5) is 0 Å². The smallest absolute Gasteiger partial charge is 0.164 e. The van der Waals surface area contributed by atoms with Gasteiger partial charge in [0.1, 0.15) is 0 Å². The van der Waals surface area contributed by atoms with Crippen molar-refractivity contribution in [3.05, 3.63) is 29.3 Å². The van der Waals surface area contributed by atoms with Crippen molar-refractivity contribution < 1.29 is 4.79 Å². The second-order valence-electron chi connectivity index (χ2n) is 4.43. The normalized spacial score (nSPS) is 15.5. The van der Waals surface area contributed by atoms with Crippen molar-refractivity contribution in [2.75, 3.05) is 0 Å². The molecule has 2 heterocycles. The van der Waals surface area contributed by atoms with Gasteiger partial charge in [0, 0.05) is 18.2 Å². The molecular weight excluding hydrogens is 218 g/mol. The molecule has 2 aromatic heterocycles. The van der Waals surface area contributed by atoms with Crippen molar-refractivity contribution in [2.24, 2.45) is 5.92 Å². The lowest BCUT2D eigenvalue weighted by Crippen LogP contribution is -1.99. The van der Waals surface area contributed by atoms with Gasteiger partial charge >= 0.3 is 0 Å². The molecule has 2 aromatic rings. The molecule has 82 valence electrons. The summed E-state index contributed by atoms with van der Waals surface area (Å²) in [6.07, 6.45) is 6.08. The standard InChI is InChI=1S/C13H13NOS/c15-12(4-3-9-1-2-9)10-7-13-11(14-8-10)5-6-16-13/h5-9H,1-4H2. The highest BCUT2D eigenvalue weighted by atomic mass is 32.1. The number of carbonyl (C=O) groups is 1. The zero-order chi connectivity index (χ0) is 11.0. The predicted molar refractivity (Wildman–Crippen MR) is 65.9 cm³/mol. The summed E-state index contributed by atoms with van der Waals surface area (Å²) in [7, 11) is 0. The number of nitrogens with zero attached hydrogens (tertiary/aromatic N) is 1. The molecule has 3 rings (SSSR count). The van der Waals surface area contributed by atoms with Gasteiger partial charge in [0.2, 0.25) is 0 Å². The van der Waals surface area contributed by atoms with E-state index >= 15 is 0 Å². The maximum Gasteiger partial charge on any atom is 0.164 e. The minimum atomic E-state index is 0.245. The van der Waals surface area contributed by atoms with Gasteiger partial charge in [-0.25, -0.2) is 0 Å². The van der Waals surface area contributed by atoms with Gasteiger partial charge in [-0.05, 0) is 29.9 Å². The van der Waals surface area contributed by atoms with Crippen molar-refractivity contribution in [3.63, 3.8) is 0 Å². The minimum absolute atomic E-state index is 0.245. The Bertz CT molecular complexity index is 527. The van der Waals surface area contributed by atoms with Crippen LogP contribution in [0.1, 0.15) is 36.0 Å². The van der Waals surface area contributed by atoms with E-state index in [1.54, 1.807) is 17.5 Å². The van der Waals surface area contributed by atoms with E-state index in [-0.39, 0.29) is 5.78 Å². The first-order chi connectivity index (χ1) is 7.83. The molecule has 1 fully saturated rings. The number of Topliss-reactive ketones (excluding diaryl/α,β-unsaturated/α-hetero) is 1. The Morgan fingerprint density at radius 2 is 2.38 bits per heavy atom. The van der Waals surface area contributed by atoms with Crippen LogP contribution in [0, 0.1) is 5.92 Å². The van der Waals surface area contributed by atoms with Gasteiger partial charge in [0.05, 0.1) is 10.2 Å². The van der Waals surface area contributed by atoms with Crippen LogP contribution in [-0.2, 0) is 0 Å². The average Bonchev–Trinajstić information content (AvgIpc) is 3.01. The Morgan fingerprint density at radius 3 is 3.19 bits per heavy atom. The van der Waals surface area contributed by atoms with Crippen LogP contribution in [0.15, 0.2) is 23.7 Å². The molecule has 0 unspecified atom stereocenters. The van der Waals surface area contributed by atoms with Crippen LogP contribution in [0.25, 0.3) is 10.2 Å². The fourth-order valence-corrected chi connectivity index (χ4v) is 2.67. The third-order valence-corrected chi connectivity index (χ3v) is 3.95. The van der Waals surface area contributed by atoms with Gasteiger partial charge < -0.3 is 0 Å². The molecule has 16 heavy (non-hydrogen) atoms. The zero-order valence-corrected chi connectivity index (χ0v) is 9.80. The summed E-state index contributed by atoms with van der Waals surface area (Å²) in [6, 6.07) is 3.96. The van der Waals surface area contributed by atoms with Crippen molar-refractivity contribution in [2.45, 2.75) is 25.7 Å². The van der Waals surface area contributed by atoms with Gasteiger partial charge in [0.15, 0.2) is 5.78 Å². The van der Waals surface area contributed by atoms with Crippen LogP contribution < -0.4 is 0 Å². The number of hydrogen-bond acceptors (Lipinski definition) is 3. The fraction of sp³-hybridized carbons (Fsp3) is 0.385. The highest BCUT2D eigenvalue weighted by molar-refractivity contribution is 7.17. The van der Waals surface area contributed by atoms with Gasteiger partial charge in [-0.2, -0.15) is 0 Å². The number of hydrogen-bond donors (Lipinski definition) is 0. The van der Waals surface area contributed by atoms with Gasteiger partial charge in [-0.3, -0.25) is 9.78 Å². The maximum atomic E-state index is 11.9.